The van der Waals surface area contributed by atoms with Crippen molar-refractivity contribution in [3.05, 3.63) is 23.8 Å². The first-order chi connectivity index (χ1) is 8.47. The van der Waals surface area contributed by atoms with Crippen molar-refractivity contribution in [1.82, 2.24) is 5.32 Å². The lowest BCUT2D eigenvalue weighted by atomic mass is 9.82. The van der Waals surface area contributed by atoms with Crippen LogP contribution in [-0.2, 0) is 4.79 Å². The van der Waals surface area contributed by atoms with E-state index in [1.807, 2.05) is 32.0 Å². The maximum atomic E-state index is 11.6. The number of benzene rings is 1. The lowest BCUT2D eigenvalue weighted by Crippen LogP contribution is -2.38. The maximum absolute atomic E-state index is 11.6. The van der Waals surface area contributed by atoms with Gasteiger partial charge in [-0.05, 0) is 32.0 Å². The molecule has 98 valence electrons. The smallest absolute Gasteiger partial charge is 0.221 e. The lowest BCUT2D eigenvalue weighted by Gasteiger charge is -2.28. The molecule has 1 amide bonds. The van der Waals surface area contributed by atoms with Gasteiger partial charge >= 0.3 is 0 Å². The van der Waals surface area contributed by atoms with Crippen molar-refractivity contribution < 1.29 is 14.3 Å². The van der Waals surface area contributed by atoms with Crippen LogP contribution in [0.25, 0.3) is 0 Å². The molecule has 0 aliphatic carbocycles. The molecule has 18 heavy (non-hydrogen) atoms. The molecule has 1 aliphatic heterocycles. The van der Waals surface area contributed by atoms with E-state index >= 15 is 0 Å². The second kappa shape index (κ2) is 4.52. The van der Waals surface area contributed by atoms with Crippen LogP contribution in [0.5, 0.6) is 11.5 Å². The molecule has 1 aliphatic rings. The van der Waals surface area contributed by atoms with Crippen LogP contribution in [0.2, 0.25) is 0 Å². The molecule has 1 aromatic rings. The minimum absolute atomic E-state index is 0.0786. The third kappa shape index (κ3) is 2.15. The second-order valence-electron chi connectivity index (χ2n) is 5.13. The van der Waals surface area contributed by atoms with Gasteiger partial charge < -0.3 is 14.8 Å². The number of methoxy groups -OCH3 is 2. The molecule has 4 heteroatoms. The Balaban J connectivity index is 2.45. The number of carbonyl (C=O) groups is 1. The van der Waals surface area contributed by atoms with E-state index in [2.05, 4.69) is 5.32 Å². The van der Waals surface area contributed by atoms with Gasteiger partial charge in [-0.3, -0.25) is 4.79 Å². The van der Waals surface area contributed by atoms with Gasteiger partial charge in [-0.15, -0.1) is 0 Å². The Labute approximate surface area is 107 Å². The third-order valence-electron chi connectivity index (χ3n) is 3.53. The van der Waals surface area contributed by atoms with Gasteiger partial charge in [0.2, 0.25) is 5.91 Å². The van der Waals surface area contributed by atoms with Gasteiger partial charge in [-0.1, -0.05) is 0 Å². The third-order valence-corrected chi connectivity index (χ3v) is 3.53. The molecule has 1 saturated heterocycles. The van der Waals surface area contributed by atoms with E-state index in [0.717, 1.165) is 17.1 Å². The predicted molar refractivity (Wildman–Crippen MR) is 69.1 cm³/mol. The SMILES string of the molecule is COc1ccc(OC)c(C2CC(=O)NC2(C)C)c1. The van der Waals surface area contributed by atoms with Crippen LogP contribution in [-0.4, -0.2) is 25.7 Å². The number of hydrogen-bond donors (Lipinski definition) is 1. The molecule has 0 spiro atoms. The molecule has 1 unspecified atom stereocenters. The Hall–Kier alpha value is -1.71. The summed E-state index contributed by atoms with van der Waals surface area (Å²) in [5, 5.41) is 3.00. The highest BCUT2D eigenvalue weighted by atomic mass is 16.5. The minimum atomic E-state index is -0.267. The van der Waals surface area contributed by atoms with Crippen molar-refractivity contribution in [2.45, 2.75) is 31.7 Å². The quantitative estimate of drug-likeness (QED) is 0.892. The van der Waals surface area contributed by atoms with Crippen molar-refractivity contribution >= 4 is 5.91 Å². The topological polar surface area (TPSA) is 47.6 Å². The molecule has 1 fully saturated rings. The van der Waals surface area contributed by atoms with Gasteiger partial charge in [-0.25, -0.2) is 0 Å². The number of hydrogen-bond acceptors (Lipinski definition) is 3. The standard InChI is InChI=1S/C14H19NO3/c1-14(2)11(8-13(16)15-14)10-7-9(17-3)5-6-12(10)18-4/h5-7,11H,8H2,1-4H3,(H,15,16). The summed E-state index contributed by atoms with van der Waals surface area (Å²) in [5.74, 6) is 1.75. The van der Waals surface area contributed by atoms with Gasteiger partial charge in [0.1, 0.15) is 11.5 Å². The van der Waals surface area contributed by atoms with Crippen molar-refractivity contribution in [1.29, 1.82) is 0 Å². The zero-order valence-corrected chi connectivity index (χ0v) is 11.2. The Morgan fingerprint density at radius 2 is 2.00 bits per heavy atom. The zero-order valence-electron chi connectivity index (χ0n) is 11.2. The first-order valence-corrected chi connectivity index (χ1v) is 6.01. The Bertz CT molecular complexity index is 468. The first kappa shape index (κ1) is 12.7. The highest BCUT2D eigenvalue weighted by molar-refractivity contribution is 5.81. The summed E-state index contributed by atoms with van der Waals surface area (Å²) >= 11 is 0. The van der Waals surface area contributed by atoms with E-state index in [-0.39, 0.29) is 17.4 Å². The molecular formula is C14H19NO3. The van der Waals surface area contributed by atoms with Crippen LogP contribution in [0.15, 0.2) is 18.2 Å². The summed E-state index contributed by atoms with van der Waals surface area (Å²) in [6, 6.07) is 5.69. The van der Waals surface area contributed by atoms with E-state index in [0.29, 0.717) is 6.42 Å². The van der Waals surface area contributed by atoms with Crippen molar-refractivity contribution in [2.24, 2.45) is 0 Å². The molecule has 1 N–H and O–H groups in total. The van der Waals surface area contributed by atoms with Crippen LogP contribution < -0.4 is 14.8 Å². The maximum Gasteiger partial charge on any atom is 0.221 e. The summed E-state index contributed by atoms with van der Waals surface area (Å²) in [4.78, 5) is 11.6. The second-order valence-corrected chi connectivity index (χ2v) is 5.13. The van der Waals surface area contributed by atoms with Crippen molar-refractivity contribution in [2.75, 3.05) is 14.2 Å². The normalized spacial score (nSPS) is 21.6. The predicted octanol–water partition coefficient (Wildman–Crippen LogP) is 2.09. The molecule has 2 rings (SSSR count). The average molecular weight is 249 g/mol. The minimum Gasteiger partial charge on any atom is -0.497 e. The Kier molecular flexibility index (Phi) is 3.20. The zero-order chi connectivity index (χ0) is 13.3. The lowest BCUT2D eigenvalue weighted by molar-refractivity contribution is -0.119. The van der Waals surface area contributed by atoms with E-state index in [1.165, 1.54) is 0 Å². The van der Waals surface area contributed by atoms with E-state index < -0.39 is 0 Å². The van der Waals surface area contributed by atoms with Crippen molar-refractivity contribution in [3.63, 3.8) is 0 Å². The number of ether oxygens (including phenoxy) is 2. The van der Waals surface area contributed by atoms with E-state index in [4.69, 9.17) is 9.47 Å². The number of amides is 1. The summed E-state index contributed by atoms with van der Waals surface area (Å²) in [6.07, 6.45) is 0.483. The molecule has 1 atom stereocenters. The Morgan fingerprint density at radius 3 is 2.50 bits per heavy atom. The Morgan fingerprint density at radius 1 is 1.28 bits per heavy atom. The summed E-state index contributed by atoms with van der Waals surface area (Å²) in [6.45, 7) is 4.06. The molecule has 0 radical (unpaired) electrons. The largest absolute Gasteiger partial charge is 0.497 e. The fourth-order valence-corrected chi connectivity index (χ4v) is 2.55. The monoisotopic (exact) mass is 249 g/mol. The van der Waals surface area contributed by atoms with Crippen LogP contribution in [0.4, 0.5) is 0 Å². The molecular weight excluding hydrogens is 230 g/mol. The first-order valence-electron chi connectivity index (χ1n) is 6.01. The number of carbonyl (C=O) groups excluding carboxylic acids is 1. The van der Waals surface area contributed by atoms with E-state index in [1.54, 1.807) is 14.2 Å². The molecule has 0 aromatic heterocycles. The summed E-state index contributed by atoms with van der Waals surface area (Å²) in [7, 11) is 3.28. The van der Waals surface area contributed by atoms with Gasteiger partial charge in [0, 0.05) is 23.4 Å². The van der Waals surface area contributed by atoms with Gasteiger partial charge in [0.05, 0.1) is 14.2 Å². The fourth-order valence-electron chi connectivity index (χ4n) is 2.55. The van der Waals surface area contributed by atoms with E-state index in [9.17, 15) is 4.79 Å². The fraction of sp³-hybridized carbons (Fsp3) is 0.500. The number of rotatable bonds is 3. The summed E-state index contributed by atoms with van der Waals surface area (Å²) < 4.78 is 10.6. The molecule has 4 nitrogen and oxygen atoms in total. The van der Waals surface area contributed by atoms with Crippen LogP contribution >= 0.6 is 0 Å². The average Bonchev–Trinajstić information content (AvgIpc) is 2.61. The molecule has 1 aromatic carbocycles. The highest BCUT2D eigenvalue weighted by Crippen LogP contribution is 2.41. The highest BCUT2D eigenvalue weighted by Gasteiger charge is 2.41. The van der Waals surface area contributed by atoms with Crippen molar-refractivity contribution in [3.8, 4) is 11.5 Å². The molecule has 0 bridgehead atoms. The van der Waals surface area contributed by atoms with Crippen LogP contribution in [0.1, 0.15) is 31.7 Å². The van der Waals surface area contributed by atoms with Gasteiger partial charge in [0.25, 0.3) is 0 Å². The van der Waals surface area contributed by atoms with Gasteiger partial charge in [-0.2, -0.15) is 0 Å². The van der Waals surface area contributed by atoms with Crippen LogP contribution in [0, 0.1) is 0 Å². The molecule has 0 saturated carbocycles. The number of nitrogens with one attached hydrogen (secondary N) is 1. The van der Waals surface area contributed by atoms with Crippen LogP contribution in [0.3, 0.4) is 0 Å². The van der Waals surface area contributed by atoms with Gasteiger partial charge in [0.15, 0.2) is 0 Å². The summed E-state index contributed by atoms with van der Waals surface area (Å²) in [5.41, 5.74) is 0.747. The molecule has 1 heterocycles.